The molecule has 8 heteroatoms. The first-order chi connectivity index (χ1) is 17.1. The van der Waals surface area contributed by atoms with E-state index in [9.17, 15) is 18.0 Å². The number of pyridine rings is 1. The minimum absolute atomic E-state index is 0.0939. The third-order valence-electron chi connectivity index (χ3n) is 8.99. The summed E-state index contributed by atoms with van der Waals surface area (Å²) in [5, 5.41) is 0. The molecule has 0 atom stereocenters. The molecular formula is C28H35F3N4O. The SMILES string of the molecule is Cc1cc(C(F)(F)F)ncc1N1C[C@]2(CC[C@@](c3ccccc3)(N(C)C)CC2)N(CC2CCC2)C1=O. The molecule has 1 aliphatic heterocycles. The molecule has 5 rings (SSSR count). The molecule has 0 radical (unpaired) electrons. The molecule has 0 bridgehead atoms. The van der Waals surface area contributed by atoms with Crippen molar-refractivity contribution in [3.8, 4) is 0 Å². The van der Waals surface area contributed by atoms with Crippen LogP contribution in [-0.4, -0.2) is 53.5 Å². The Bertz CT molecular complexity index is 1110. The first kappa shape index (κ1) is 25.1. The molecule has 1 aromatic heterocycles. The van der Waals surface area contributed by atoms with Crippen LogP contribution >= 0.6 is 0 Å². The minimum Gasteiger partial charge on any atom is -0.317 e. The molecule has 36 heavy (non-hydrogen) atoms. The molecule has 1 saturated heterocycles. The lowest BCUT2D eigenvalue weighted by Crippen LogP contribution is -2.56. The van der Waals surface area contributed by atoms with E-state index in [-0.39, 0.29) is 17.1 Å². The van der Waals surface area contributed by atoms with Crippen LogP contribution in [0.15, 0.2) is 42.6 Å². The summed E-state index contributed by atoms with van der Waals surface area (Å²) in [6, 6.07) is 11.5. The highest BCUT2D eigenvalue weighted by atomic mass is 19.4. The number of rotatable bonds is 5. The van der Waals surface area contributed by atoms with Gasteiger partial charge in [-0.15, -0.1) is 0 Å². The zero-order valence-corrected chi connectivity index (χ0v) is 21.3. The lowest BCUT2D eigenvalue weighted by atomic mass is 9.68. The lowest BCUT2D eigenvalue weighted by Gasteiger charge is -2.51. The summed E-state index contributed by atoms with van der Waals surface area (Å²) in [6.07, 6.45) is 3.71. The molecule has 3 aliphatic rings. The number of halogens is 3. The van der Waals surface area contributed by atoms with Gasteiger partial charge in [0.05, 0.1) is 24.0 Å². The van der Waals surface area contributed by atoms with Crippen LogP contribution in [0.3, 0.4) is 0 Å². The highest BCUT2D eigenvalue weighted by molar-refractivity contribution is 5.96. The third-order valence-corrected chi connectivity index (χ3v) is 8.99. The van der Waals surface area contributed by atoms with E-state index >= 15 is 0 Å². The Labute approximate surface area is 211 Å². The number of carbonyl (C=O) groups excluding carboxylic acids is 1. The van der Waals surface area contributed by atoms with Gasteiger partial charge in [0.2, 0.25) is 0 Å². The van der Waals surface area contributed by atoms with Crippen molar-refractivity contribution >= 4 is 11.7 Å². The normalized spacial score (nSPS) is 27.2. The van der Waals surface area contributed by atoms with Gasteiger partial charge in [-0.1, -0.05) is 36.8 Å². The summed E-state index contributed by atoms with van der Waals surface area (Å²) >= 11 is 0. The molecule has 5 nitrogen and oxygen atoms in total. The van der Waals surface area contributed by atoms with E-state index in [1.54, 1.807) is 11.8 Å². The fourth-order valence-electron chi connectivity index (χ4n) is 6.48. The van der Waals surface area contributed by atoms with Crippen molar-refractivity contribution in [1.29, 1.82) is 0 Å². The predicted molar refractivity (Wildman–Crippen MR) is 134 cm³/mol. The van der Waals surface area contributed by atoms with Gasteiger partial charge in [-0.05, 0) is 82.7 Å². The van der Waals surface area contributed by atoms with Crippen LogP contribution in [0.25, 0.3) is 0 Å². The number of nitrogens with zero attached hydrogens (tertiary/aromatic N) is 4. The molecule has 0 N–H and O–H groups in total. The summed E-state index contributed by atoms with van der Waals surface area (Å²) in [4.78, 5) is 23.6. The molecule has 2 aromatic rings. The summed E-state index contributed by atoms with van der Waals surface area (Å²) in [6.45, 7) is 2.85. The molecule has 3 fully saturated rings. The first-order valence-electron chi connectivity index (χ1n) is 12.9. The number of benzene rings is 1. The molecule has 2 heterocycles. The Morgan fingerprint density at radius 2 is 1.75 bits per heavy atom. The van der Waals surface area contributed by atoms with Gasteiger partial charge in [-0.3, -0.25) is 9.80 Å². The summed E-state index contributed by atoms with van der Waals surface area (Å²) in [7, 11) is 4.25. The smallest absolute Gasteiger partial charge is 0.317 e. The summed E-state index contributed by atoms with van der Waals surface area (Å²) in [5.74, 6) is 0.507. The van der Waals surface area contributed by atoms with Crippen molar-refractivity contribution in [2.75, 3.05) is 32.1 Å². The Hall–Kier alpha value is -2.61. The van der Waals surface area contributed by atoms with Gasteiger partial charge in [-0.2, -0.15) is 13.2 Å². The zero-order valence-electron chi connectivity index (χ0n) is 21.3. The number of alkyl halides is 3. The standard InChI is InChI=1S/C28H35F3N4O/c1-20-16-24(28(29,30)31)32-17-23(20)34-19-26(35(25(34)36)18-21-8-7-9-21)12-14-27(15-13-26,33(2)3)22-10-5-4-6-11-22/h4-6,10-11,16-17,21H,7-9,12-15,18-19H2,1-3H3/t26-,27-. The van der Waals surface area contributed by atoms with Crippen molar-refractivity contribution in [3.63, 3.8) is 0 Å². The molecule has 1 spiro atoms. The second-order valence-electron chi connectivity index (χ2n) is 11.1. The number of hydrogen-bond donors (Lipinski definition) is 0. The number of anilines is 1. The minimum atomic E-state index is -4.51. The monoisotopic (exact) mass is 500 g/mol. The van der Waals surface area contributed by atoms with Crippen LogP contribution in [-0.2, 0) is 11.7 Å². The zero-order chi connectivity index (χ0) is 25.7. The van der Waals surface area contributed by atoms with E-state index in [2.05, 4.69) is 53.1 Å². The van der Waals surface area contributed by atoms with Crippen molar-refractivity contribution in [2.24, 2.45) is 5.92 Å². The highest BCUT2D eigenvalue weighted by Crippen LogP contribution is 2.50. The van der Waals surface area contributed by atoms with E-state index in [1.807, 2.05) is 6.07 Å². The maximum atomic E-state index is 13.8. The summed E-state index contributed by atoms with van der Waals surface area (Å²) < 4.78 is 39.6. The average Bonchev–Trinajstić information content (AvgIpc) is 3.07. The summed E-state index contributed by atoms with van der Waals surface area (Å²) in [5.41, 5.74) is 0.852. The molecule has 2 amide bonds. The maximum absolute atomic E-state index is 13.8. The van der Waals surface area contributed by atoms with Gasteiger partial charge in [0, 0.05) is 12.1 Å². The second-order valence-corrected chi connectivity index (χ2v) is 11.1. The second kappa shape index (κ2) is 9.05. The van der Waals surface area contributed by atoms with Crippen LogP contribution in [0.5, 0.6) is 0 Å². The van der Waals surface area contributed by atoms with Crippen LogP contribution in [0.4, 0.5) is 23.7 Å². The Morgan fingerprint density at radius 1 is 1.08 bits per heavy atom. The number of amides is 2. The van der Waals surface area contributed by atoms with E-state index in [0.29, 0.717) is 23.7 Å². The van der Waals surface area contributed by atoms with Gasteiger partial charge in [0.15, 0.2) is 0 Å². The number of aryl methyl sites for hydroxylation is 1. The fourth-order valence-corrected chi connectivity index (χ4v) is 6.48. The fraction of sp³-hybridized carbons (Fsp3) is 0.571. The van der Waals surface area contributed by atoms with Crippen LogP contribution < -0.4 is 4.90 Å². The number of carbonyl (C=O) groups is 1. The number of aromatic nitrogens is 1. The lowest BCUT2D eigenvalue weighted by molar-refractivity contribution is -0.141. The average molecular weight is 501 g/mol. The Kier molecular flexibility index (Phi) is 6.30. The predicted octanol–water partition coefficient (Wildman–Crippen LogP) is 6.22. The topological polar surface area (TPSA) is 39.7 Å². The van der Waals surface area contributed by atoms with E-state index in [1.165, 1.54) is 18.2 Å². The quantitative estimate of drug-likeness (QED) is 0.489. The van der Waals surface area contributed by atoms with Crippen LogP contribution in [0.1, 0.15) is 61.8 Å². The Morgan fingerprint density at radius 3 is 2.28 bits per heavy atom. The van der Waals surface area contributed by atoms with Gasteiger partial charge < -0.3 is 4.90 Å². The molecule has 1 aromatic carbocycles. The largest absolute Gasteiger partial charge is 0.433 e. The van der Waals surface area contributed by atoms with Crippen molar-refractivity contribution in [2.45, 2.75) is 69.1 Å². The maximum Gasteiger partial charge on any atom is 0.433 e. The number of hydrogen-bond acceptors (Lipinski definition) is 3. The Balaban J connectivity index is 1.46. The van der Waals surface area contributed by atoms with Crippen LogP contribution in [0.2, 0.25) is 0 Å². The van der Waals surface area contributed by atoms with Gasteiger partial charge in [0.1, 0.15) is 5.69 Å². The molecule has 0 unspecified atom stereocenters. The van der Waals surface area contributed by atoms with Crippen molar-refractivity contribution in [3.05, 3.63) is 59.4 Å². The van der Waals surface area contributed by atoms with Gasteiger partial charge >= 0.3 is 12.2 Å². The first-order valence-corrected chi connectivity index (χ1v) is 12.9. The molecule has 194 valence electrons. The van der Waals surface area contributed by atoms with Crippen LogP contribution in [0, 0.1) is 12.8 Å². The van der Waals surface area contributed by atoms with E-state index in [0.717, 1.165) is 51.1 Å². The van der Waals surface area contributed by atoms with Crippen molar-refractivity contribution < 1.29 is 18.0 Å². The third kappa shape index (κ3) is 4.17. The molecular weight excluding hydrogens is 465 g/mol. The highest BCUT2D eigenvalue weighted by Gasteiger charge is 2.55. The number of urea groups is 1. The van der Waals surface area contributed by atoms with Crippen molar-refractivity contribution in [1.82, 2.24) is 14.8 Å². The molecule has 2 saturated carbocycles. The van der Waals surface area contributed by atoms with E-state index < -0.39 is 11.9 Å². The molecule has 2 aliphatic carbocycles. The van der Waals surface area contributed by atoms with Gasteiger partial charge in [0.25, 0.3) is 0 Å². The van der Waals surface area contributed by atoms with Gasteiger partial charge in [-0.25, -0.2) is 9.78 Å². The van der Waals surface area contributed by atoms with E-state index in [4.69, 9.17) is 0 Å².